The molecular formula is C21H20BrNO6S. The number of phenols is 1. The molecule has 0 bridgehead atoms. The molecule has 0 radical (unpaired) electrons. The lowest BCUT2D eigenvalue weighted by Gasteiger charge is -2.34. The van der Waals surface area contributed by atoms with Gasteiger partial charge in [0.05, 0.1) is 36.0 Å². The summed E-state index contributed by atoms with van der Waals surface area (Å²) >= 11 is 4.70. The van der Waals surface area contributed by atoms with Crippen molar-refractivity contribution in [2.45, 2.75) is 26.8 Å². The van der Waals surface area contributed by atoms with E-state index in [0.717, 1.165) is 16.2 Å². The minimum atomic E-state index is -1.07. The number of ether oxygens (including phenoxy) is 2. The van der Waals surface area contributed by atoms with Crippen LogP contribution in [-0.2, 0) is 19.1 Å². The Morgan fingerprint density at radius 2 is 1.80 bits per heavy atom. The van der Waals surface area contributed by atoms with E-state index in [0.29, 0.717) is 9.50 Å². The first-order chi connectivity index (χ1) is 14.1. The summed E-state index contributed by atoms with van der Waals surface area (Å²) in [5.74, 6) is -2.04. The molecular weight excluding hydrogens is 474 g/mol. The molecule has 3 rings (SSSR count). The van der Waals surface area contributed by atoms with Gasteiger partial charge >= 0.3 is 11.9 Å². The van der Waals surface area contributed by atoms with Crippen LogP contribution in [-0.4, -0.2) is 48.0 Å². The van der Waals surface area contributed by atoms with Gasteiger partial charge in [-0.05, 0) is 44.5 Å². The molecule has 0 saturated carbocycles. The van der Waals surface area contributed by atoms with Crippen molar-refractivity contribution in [3.05, 3.63) is 60.6 Å². The Labute approximate surface area is 186 Å². The van der Waals surface area contributed by atoms with E-state index < -0.39 is 23.8 Å². The van der Waals surface area contributed by atoms with Crippen molar-refractivity contribution in [2.75, 3.05) is 14.2 Å². The van der Waals surface area contributed by atoms with Crippen LogP contribution in [0.25, 0.3) is 0 Å². The fourth-order valence-corrected chi connectivity index (χ4v) is 4.79. The lowest BCUT2D eigenvalue weighted by molar-refractivity contribution is -0.147. The van der Waals surface area contributed by atoms with E-state index in [1.807, 2.05) is 6.92 Å². The fraction of sp³-hybridized carbons (Fsp3) is 0.286. The molecule has 1 aromatic rings. The maximum Gasteiger partial charge on any atom is 0.336 e. The van der Waals surface area contributed by atoms with Gasteiger partial charge in [-0.1, -0.05) is 27.7 Å². The SMILES string of the molecule is COC(=O)C1=CC(C(=O)c2cc(Br)c(C)cc2O)=C2SC(C)=C(C)N2C1C(=O)OC. The third kappa shape index (κ3) is 3.56. The average Bonchev–Trinajstić information content (AvgIpc) is 3.02. The number of rotatable bonds is 4. The Balaban J connectivity index is 2.24. The zero-order valence-corrected chi connectivity index (χ0v) is 19.4. The maximum atomic E-state index is 13.4. The first-order valence-corrected chi connectivity index (χ1v) is 10.5. The number of aryl methyl sites for hydroxylation is 1. The Bertz CT molecular complexity index is 1070. The summed E-state index contributed by atoms with van der Waals surface area (Å²) in [5.41, 5.74) is 1.74. The van der Waals surface area contributed by atoms with Crippen molar-refractivity contribution in [3.63, 3.8) is 0 Å². The van der Waals surface area contributed by atoms with E-state index in [-0.39, 0.29) is 22.5 Å². The van der Waals surface area contributed by atoms with E-state index in [1.54, 1.807) is 18.7 Å². The third-order valence-electron chi connectivity index (χ3n) is 5.03. The summed E-state index contributed by atoms with van der Waals surface area (Å²) in [7, 11) is 2.44. The van der Waals surface area contributed by atoms with Gasteiger partial charge in [0.2, 0.25) is 0 Å². The molecule has 0 amide bonds. The van der Waals surface area contributed by atoms with Crippen LogP contribution < -0.4 is 0 Å². The number of phenolic OH excluding ortho intramolecular Hbond substituents is 1. The molecule has 0 saturated heterocycles. The number of ketones is 1. The number of benzene rings is 1. The number of halogens is 1. The molecule has 1 unspecified atom stereocenters. The first kappa shape index (κ1) is 22.2. The third-order valence-corrected chi connectivity index (χ3v) is 7.10. The summed E-state index contributed by atoms with van der Waals surface area (Å²) in [6, 6.07) is 1.95. The molecule has 7 nitrogen and oxygen atoms in total. The van der Waals surface area contributed by atoms with Crippen LogP contribution in [0.1, 0.15) is 29.8 Å². The number of esters is 2. The molecule has 0 aromatic heterocycles. The van der Waals surface area contributed by atoms with Crippen LogP contribution in [0, 0.1) is 6.92 Å². The van der Waals surface area contributed by atoms with E-state index in [9.17, 15) is 19.5 Å². The number of methoxy groups -OCH3 is 2. The van der Waals surface area contributed by atoms with Gasteiger partial charge in [-0.3, -0.25) is 4.79 Å². The van der Waals surface area contributed by atoms with Gasteiger partial charge in [-0.15, -0.1) is 0 Å². The normalized spacial score (nSPS) is 18.3. The maximum absolute atomic E-state index is 13.4. The van der Waals surface area contributed by atoms with Crippen molar-refractivity contribution in [2.24, 2.45) is 0 Å². The number of hydrogen-bond acceptors (Lipinski definition) is 8. The van der Waals surface area contributed by atoms with Gasteiger partial charge in [0, 0.05) is 15.1 Å². The predicted molar refractivity (Wildman–Crippen MR) is 116 cm³/mol. The highest BCUT2D eigenvalue weighted by atomic mass is 79.9. The Hall–Kier alpha value is -2.52. The number of hydrogen-bond donors (Lipinski definition) is 1. The number of thioether (sulfide) groups is 1. The molecule has 1 atom stereocenters. The van der Waals surface area contributed by atoms with Gasteiger partial charge in [0.1, 0.15) is 5.75 Å². The van der Waals surface area contributed by atoms with Gasteiger partial charge < -0.3 is 19.5 Å². The highest BCUT2D eigenvalue weighted by Gasteiger charge is 2.45. The van der Waals surface area contributed by atoms with Gasteiger partial charge in [0.15, 0.2) is 11.8 Å². The molecule has 30 heavy (non-hydrogen) atoms. The second-order valence-electron chi connectivity index (χ2n) is 6.80. The molecule has 1 N–H and O–H groups in total. The zero-order chi connectivity index (χ0) is 22.3. The number of allylic oxidation sites excluding steroid dienone is 4. The monoisotopic (exact) mass is 493 g/mol. The van der Waals surface area contributed by atoms with Crippen LogP contribution in [0.3, 0.4) is 0 Å². The Morgan fingerprint density at radius 1 is 1.13 bits per heavy atom. The molecule has 2 heterocycles. The largest absolute Gasteiger partial charge is 0.507 e. The van der Waals surface area contributed by atoms with Crippen molar-refractivity contribution in [1.82, 2.24) is 4.90 Å². The smallest absolute Gasteiger partial charge is 0.336 e. The number of Topliss-reactive ketones (excluding diaryl/α,β-unsaturated/α-hetero) is 1. The summed E-state index contributed by atoms with van der Waals surface area (Å²) < 4.78 is 10.4. The predicted octanol–water partition coefficient (Wildman–Crippen LogP) is 3.81. The minimum absolute atomic E-state index is 0.0169. The quantitative estimate of drug-likeness (QED) is 0.499. The number of nitrogens with zero attached hydrogens (tertiary/aromatic N) is 1. The molecule has 1 aromatic carbocycles. The van der Waals surface area contributed by atoms with Crippen molar-refractivity contribution < 1.29 is 29.0 Å². The molecule has 2 aliphatic heterocycles. The number of aromatic hydroxyl groups is 1. The standard InChI is InChI=1S/C21H20BrNO6S/c1-9-6-16(24)12(8-15(9)22)18(25)14-7-13(20(26)28-4)17(21(27)29-5)23-10(2)11(3)30-19(14)23/h6-8,17,24H,1-5H3. The Kier molecular flexibility index (Phi) is 6.14. The topological polar surface area (TPSA) is 93.1 Å². The number of carbonyl (C=O) groups is 3. The first-order valence-electron chi connectivity index (χ1n) is 8.92. The Morgan fingerprint density at radius 3 is 2.40 bits per heavy atom. The second kappa shape index (κ2) is 8.31. The van der Waals surface area contributed by atoms with Crippen molar-refractivity contribution in [3.8, 4) is 5.75 Å². The highest BCUT2D eigenvalue weighted by molar-refractivity contribution is 9.10. The van der Waals surface area contributed by atoms with Crippen LogP contribution in [0.4, 0.5) is 0 Å². The van der Waals surface area contributed by atoms with Crippen LogP contribution in [0.5, 0.6) is 5.75 Å². The molecule has 2 aliphatic rings. The highest BCUT2D eigenvalue weighted by Crippen LogP contribution is 2.48. The van der Waals surface area contributed by atoms with Gasteiger partial charge in [-0.25, -0.2) is 9.59 Å². The van der Waals surface area contributed by atoms with Crippen LogP contribution in [0.15, 0.2) is 49.5 Å². The lowest BCUT2D eigenvalue weighted by Crippen LogP contribution is -2.44. The summed E-state index contributed by atoms with van der Waals surface area (Å²) in [4.78, 5) is 41.0. The minimum Gasteiger partial charge on any atom is -0.507 e. The summed E-state index contributed by atoms with van der Waals surface area (Å²) in [5, 5.41) is 10.9. The second-order valence-corrected chi connectivity index (χ2v) is 8.85. The van der Waals surface area contributed by atoms with Crippen LogP contribution in [0.2, 0.25) is 0 Å². The van der Waals surface area contributed by atoms with Gasteiger partial charge in [-0.2, -0.15) is 0 Å². The van der Waals surface area contributed by atoms with Crippen molar-refractivity contribution in [1.29, 1.82) is 0 Å². The van der Waals surface area contributed by atoms with E-state index >= 15 is 0 Å². The average molecular weight is 494 g/mol. The number of fused-ring (bicyclic) bond motifs is 1. The molecule has 0 fully saturated rings. The number of carbonyl (C=O) groups excluding carboxylic acids is 3. The van der Waals surface area contributed by atoms with E-state index in [4.69, 9.17) is 9.47 Å². The molecule has 0 aliphatic carbocycles. The summed E-state index contributed by atoms with van der Waals surface area (Å²) in [6.07, 6.45) is 1.35. The molecule has 158 valence electrons. The molecule has 9 heteroatoms. The van der Waals surface area contributed by atoms with E-state index in [1.165, 1.54) is 44.2 Å². The van der Waals surface area contributed by atoms with Crippen molar-refractivity contribution >= 4 is 45.4 Å². The molecule has 0 spiro atoms. The van der Waals surface area contributed by atoms with Crippen LogP contribution >= 0.6 is 27.7 Å². The lowest BCUT2D eigenvalue weighted by atomic mass is 9.93. The fourth-order valence-electron chi connectivity index (χ4n) is 3.31. The summed E-state index contributed by atoms with van der Waals surface area (Å²) in [6.45, 7) is 5.45. The zero-order valence-electron chi connectivity index (χ0n) is 17.0. The van der Waals surface area contributed by atoms with Gasteiger partial charge in [0.25, 0.3) is 0 Å². The van der Waals surface area contributed by atoms with E-state index in [2.05, 4.69) is 15.9 Å².